The Morgan fingerprint density at radius 1 is 1.56 bits per heavy atom. The lowest BCUT2D eigenvalue weighted by Crippen LogP contribution is -1.84. The maximum absolute atomic E-state index is 10.9. The van der Waals surface area contributed by atoms with Crippen LogP contribution in [-0.2, 0) is 4.74 Å². The number of ether oxygens (including phenoxy) is 1. The van der Waals surface area contributed by atoms with Gasteiger partial charge in [-0.2, -0.15) is 0 Å². The van der Waals surface area contributed by atoms with Crippen LogP contribution in [0.15, 0.2) is 12.7 Å². The molecule has 0 rings (SSSR count). The first-order valence-corrected chi connectivity index (χ1v) is 2.64. The zero-order valence-electron chi connectivity index (χ0n) is 5.57. The molecule has 0 saturated carbocycles. The predicted octanol–water partition coefficient (Wildman–Crippen LogP) is 2.09. The van der Waals surface area contributed by atoms with E-state index in [-0.39, 0.29) is 6.67 Å². The minimum atomic E-state index is -0.716. The topological polar surface area (TPSA) is 9.23 Å². The molecule has 1 nitrogen and oxygen atoms in total. The summed E-state index contributed by atoms with van der Waals surface area (Å²) in [6, 6.07) is 0. The fraction of sp³-hybridized carbons (Fsp3) is 0.667. The normalized spacial score (nSPS) is 7.44. The maximum atomic E-state index is 10.9. The molecule has 0 amide bonds. The summed E-state index contributed by atoms with van der Waals surface area (Å²) in [6.07, 6.45) is 1.50. The first-order chi connectivity index (χ1) is 4.33. The molecular formula is C6H12F2O. The number of rotatable bonds is 3. The molecule has 56 valence electrons. The maximum Gasteiger partial charge on any atom is 0.188 e. The molecule has 0 aromatic rings. The summed E-state index contributed by atoms with van der Waals surface area (Å²) >= 11 is 0. The van der Waals surface area contributed by atoms with E-state index in [1.807, 2.05) is 0 Å². The highest BCUT2D eigenvalue weighted by molar-refractivity contribution is 4.62. The van der Waals surface area contributed by atoms with E-state index in [0.717, 1.165) is 0 Å². The van der Waals surface area contributed by atoms with E-state index in [9.17, 15) is 8.78 Å². The molecule has 0 aromatic heterocycles. The van der Waals surface area contributed by atoms with Crippen molar-refractivity contribution in [3.05, 3.63) is 12.7 Å². The Morgan fingerprint density at radius 2 is 2.00 bits per heavy atom. The fourth-order valence-corrected chi connectivity index (χ4v) is 0.128. The third-order valence-electron chi connectivity index (χ3n) is 0.313. The average molecular weight is 138 g/mol. The zero-order chi connectivity index (χ0) is 7.54. The van der Waals surface area contributed by atoms with E-state index in [4.69, 9.17) is 0 Å². The van der Waals surface area contributed by atoms with Gasteiger partial charge in [-0.3, -0.25) is 4.39 Å². The van der Waals surface area contributed by atoms with Gasteiger partial charge in [-0.25, -0.2) is 4.39 Å². The van der Waals surface area contributed by atoms with Gasteiger partial charge in [-0.15, -0.1) is 6.58 Å². The Morgan fingerprint density at radius 3 is 2.11 bits per heavy atom. The van der Waals surface area contributed by atoms with Crippen LogP contribution >= 0.6 is 0 Å². The molecule has 0 unspecified atom stereocenters. The van der Waals surface area contributed by atoms with E-state index in [2.05, 4.69) is 11.3 Å². The molecule has 0 spiro atoms. The Hall–Kier alpha value is -0.440. The molecule has 0 radical (unpaired) electrons. The summed E-state index contributed by atoms with van der Waals surface area (Å²) in [4.78, 5) is 0. The van der Waals surface area contributed by atoms with E-state index >= 15 is 0 Å². The standard InChI is InChI=1S/C4H7FO.C2H5F/c1-2-3-6-4-5;1-2-3/h2H,1,3-4H2;2H2,1H3. The monoisotopic (exact) mass is 138 g/mol. The predicted molar refractivity (Wildman–Crippen MR) is 33.8 cm³/mol. The second-order valence-electron chi connectivity index (χ2n) is 1.04. The van der Waals surface area contributed by atoms with Crippen LogP contribution in [0.25, 0.3) is 0 Å². The molecule has 0 aliphatic rings. The minimum Gasteiger partial charge on any atom is -0.346 e. The lowest BCUT2D eigenvalue weighted by atomic mass is 10.7. The van der Waals surface area contributed by atoms with Crippen LogP contribution in [0, 0.1) is 0 Å². The Bertz CT molecular complexity index is 48.3. The lowest BCUT2D eigenvalue weighted by molar-refractivity contribution is 0.0779. The van der Waals surface area contributed by atoms with Gasteiger partial charge >= 0.3 is 0 Å². The van der Waals surface area contributed by atoms with E-state index in [0.29, 0.717) is 6.61 Å². The molecule has 3 heteroatoms. The second kappa shape index (κ2) is 15.6. The van der Waals surface area contributed by atoms with E-state index in [1.165, 1.54) is 13.0 Å². The fourth-order valence-electron chi connectivity index (χ4n) is 0.128. The van der Waals surface area contributed by atoms with Gasteiger partial charge < -0.3 is 4.74 Å². The Balaban J connectivity index is 0. The van der Waals surface area contributed by atoms with E-state index < -0.39 is 6.86 Å². The van der Waals surface area contributed by atoms with Crippen molar-refractivity contribution in [1.29, 1.82) is 0 Å². The summed E-state index contributed by atoms with van der Waals surface area (Å²) in [5, 5.41) is 0. The van der Waals surface area contributed by atoms with Crippen LogP contribution in [-0.4, -0.2) is 20.1 Å². The minimum absolute atomic E-state index is 0.250. The van der Waals surface area contributed by atoms with Crippen LogP contribution in [0.5, 0.6) is 0 Å². The summed E-state index contributed by atoms with van der Waals surface area (Å²) in [5.41, 5.74) is 0. The van der Waals surface area contributed by atoms with Crippen LogP contribution in [0.1, 0.15) is 6.92 Å². The SMILES string of the molecule is C=CCOCF.CCF. The van der Waals surface area contributed by atoms with Crippen molar-refractivity contribution in [3.8, 4) is 0 Å². The number of halogens is 2. The second-order valence-corrected chi connectivity index (χ2v) is 1.04. The third-order valence-corrected chi connectivity index (χ3v) is 0.313. The highest BCUT2D eigenvalue weighted by Gasteiger charge is 1.70. The third kappa shape index (κ3) is 35.7. The molecule has 0 N–H and O–H groups in total. The van der Waals surface area contributed by atoms with Crippen molar-refractivity contribution in [3.63, 3.8) is 0 Å². The first kappa shape index (κ1) is 11.4. The van der Waals surface area contributed by atoms with Crippen LogP contribution in [0.3, 0.4) is 0 Å². The Kier molecular flexibility index (Phi) is 19.8. The molecule has 0 aromatic carbocycles. The van der Waals surface area contributed by atoms with Gasteiger partial charge in [0, 0.05) is 0 Å². The molecule has 0 saturated heterocycles. The quantitative estimate of drug-likeness (QED) is 0.428. The molecule has 0 aliphatic carbocycles. The van der Waals surface area contributed by atoms with Crippen LogP contribution in [0.4, 0.5) is 8.78 Å². The van der Waals surface area contributed by atoms with Crippen LogP contribution < -0.4 is 0 Å². The highest BCUT2D eigenvalue weighted by Crippen LogP contribution is 1.71. The van der Waals surface area contributed by atoms with Gasteiger partial charge in [0.25, 0.3) is 0 Å². The molecule has 0 atom stereocenters. The average Bonchev–Trinajstić information content (AvgIpc) is 1.86. The number of hydrogen-bond donors (Lipinski definition) is 0. The lowest BCUT2D eigenvalue weighted by Gasteiger charge is -1.85. The molecule has 9 heavy (non-hydrogen) atoms. The summed E-state index contributed by atoms with van der Waals surface area (Å²) < 4.78 is 25.4. The molecule has 0 bridgehead atoms. The van der Waals surface area contributed by atoms with Crippen molar-refractivity contribution in [1.82, 2.24) is 0 Å². The van der Waals surface area contributed by atoms with Gasteiger partial charge in [0.05, 0.1) is 13.3 Å². The molecule has 0 aliphatic heterocycles. The smallest absolute Gasteiger partial charge is 0.188 e. The summed E-state index contributed by atoms with van der Waals surface area (Å²) in [5.74, 6) is 0. The van der Waals surface area contributed by atoms with Gasteiger partial charge in [0.1, 0.15) is 0 Å². The molecule has 0 heterocycles. The zero-order valence-corrected chi connectivity index (χ0v) is 5.57. The van der Waals surface area contributed by atoms with Crippen molar-refractivity contribution < 1.29 is 13.5 Å². The van der Waals surface area contributed by atoms with Crippen molar-refractivity contribution >= 4 is 0 Å². The van der Waals surface area contributed by atoms with Crippen molar-refractivity contribution in [2.45, 2.75) is 6.92 Å². The van der Waals surface area contributed by atoms with Gasteiger partial charge in [0.15, 0.2) is 6.86 Å². The van der Waals surface area contributed by atoms with Gasteiger partial charge in [-0.05, 0) is 6.92 Å². The highest BCUT2D eigenvalue weighted by atomic mass is 19.1. The van der Waals surface area contributed by atoms with E-state index in [1.54, 1.807) is 0 Å². The summed E-state index contributed by atoms with van der Waals surface area (Å²) in [6.45, 7) is 4.10. The summed E-state index contributed by atoms with van der Waals surface area (Å²) in [7, 11) is 0. The number of hydrogen-bond acceptors (Lipinski definition) is 1. The van der Waals surface area contributed by atoms with Gasteiger partial charge in [-0.1, -0.05) is 6.08 Å². The van der Waals surface area contributed by atoms with Crippen molar-refractivity contribution in [2.24, 2.45) is 0 Å². The van der Waals surface area contributed by atoms with Gasteiger partial charge in [0.2, 0.25) is 0 Å². The Labute approximate surface area is 54.3 Å². The molecule has 0 fully saturated rings. The number of alkyl halides is 2. The largest absolute Gasteiger partial charge is 0.346 e. The first-order valence-electron chi connectivity index (χ1n) is 2.64. The van der Waals surface area contributed by atoms with Crippen molar-refractivity contribution in [2.75, 3.05) is 20.1 Å². The molecular weight excluding hydrogens is 126 g/mol. The van der Waals surface area contributed by atoms with Crippen LogP contribution in [0.2, 0.25) is 0 Å².